The van der Waals surface area contributed by atoms with Crippen LogP contribution in [0.4, 0.5) is 0 Å². The molecule has 0 aromatic heterocycles. The molecule has 0 bridgehead atoms. The van der Waals surface area contributed by atoms with Crippen molar-refractivity contribution in [3.05, 3.63) is 0 Å². The Hall–Kier alpha value is -0.980. The number of carbonyl (C=O) groups is 2. The van der Waals surface area contributed by atoms with Crippen molar-refractivity contribution in [2.24, 2.45) is 0 Å². The Kier molecular flexibility index (Phi) is 16.6. The van der Waals surface area contributed by atoms with Crippen LogP contribution in [0.25, 0.3) is 0 Å². The van der Waals surface area contributed by atoms with Crippen molar-refractivity contribution >= 4 is 11.7 Å². The van der Waals surface area contributed by atoms with Gasteiger partial charge in [0.1, 0.15) is 13.2 Å². The molecule has 6 nitrogen and oxygen atoms in total. The highest BCUT2D eigenvalue weighted by molar-refractivity contribution is 5.79. The van der Waals surface area contributed by atoms with Gasteiger partial charge in [-0.05, 0) is 13.3 Å². The van der Waals surface area contributed by atoms with Crippen molar-refractivity contribution in [1.82, 2.24) is 5.32 Å². The average molecular weight is 331 g/mol. The van der Waals surface area contributed by atoms with Gasteiger partial charge in [-0.15, -0.1) is 0 Å². The predicted octanol–water partition coefficient (Wildman–Crippen LogP) is 2.10. The molecule has 0 atom stereocenters. The number of rotatable bonds is 17. The molecule has 0 aromatic rings. The lowest BCUT2D eigenvalue weighted by Crippen LogP contribution is -2.30. The molecule has 136 valence electrons. The van der Waals surface area contributed by atoms with Gasteiger partial charge < -0.3 is 19.5 Å². The van der Waals surface area contributed by atoms with E-state index in [1.807, 2.05) is 6.92 Å². The second-order valence-electron chi connectivity index (χ2n) is 5.35. The molecule has 1 amide bonds. The number of carbonyl (C=O) groups excluding carboxylic acids is 2. The third-order valence-electron chi connectivity index (χ3n) is 3.20. The first-order valence-corrected chi connectivity index (χ1v) is 8.72. The van der Waals surface area contributed by atoms with Crippen molar-refractivity contribution in [1.29, 1.82) is 0 Å². The zero-order valence-electron chi connectivity index (χ0n) is 14.7. The Balaban J connectivity index is 3.23. The van der Waals surface area contributed by atoms with E-state index in [0.717, 1.165) is 12.8 Å². The van der Waals surface area contributed by atoms with Gasteiger partial charge in [0.15, 0.2) is 5.78 Å². The number of ketones is 1. The van der Waals surface area contributed by atoms with Crippen LogP contribution >= 0.6 is 0 Å². The Morgan fingerprint density at radius 3 is 2.30 bits per heavy atom. The van der Waals surface area contributed by atoms with Crippen LogP contribution in [-0.4, -0.2) is 57.9 Å². The first-order chi connectivity index (χ1) is 11.2. The normalized spacial score (nSPS) is 10.7. The summed E-state index contributed by atoms with van der Waals surface area (Å²) in [5.74, 6) is 0.0147. The maximum absolute atomic E-state index is 11.5. The monoisotopic (exact) mass is 331 g/mol. The molecular formula is C17H33NO5. The number of unbranched alkanes of at least 4 members (excludes halogenated alkanes) is 4. The summed E-state index contributed by atoms with van der Waals surface area (Å²) in [5.41, 5.74) is 0. The standard InChI is InChI=1S/C17H33NO5/c1-3-5-6-7-8-9-16(19)14-23-13-12-22-11-10-18-17(20)15-21-4-2/h3-15H2,1-2H3,(H,18,20). The van der Waals surface area contributed by atoms with E-state index < -0.39 is 0 Å². The SMILES string of the molecule is CCCCCCCC(=O)COCCOCCNC(=O)COCC. The highest BCUT2D eigenvalue weighted by atomic mass is 16.5. The van der Waals surface area contributed by atoms with E-state index in [0.29, 0.717) is 39.4 Å². The van der Waals surface area contributed by atoms with Crippen LogP contribution in [0.1, 0.15) is 52.4 Å². The molecule has 0 aliphatic carbocycles. The van der Waals surface area contributed by atoms with Crippen LogP contribution in [0.3, 0.4) is 0 Å². The van der Waals surface area contributed by atoms with Gasteiger partial charge in [-0.3, -0.25) is 9.59 Å². The van der Waals surface area contributed by atoms with Crippen LogP contribution in [-0.2, 0) is 23.8 Å². The smallest absolute Gasteiger partial charge is 0.246 e. The Morgan fingerprint density at radius 2 is 1.57 bits per heavy atom. The van der Waals surface area contributed by atoms with Gasteiger partial charge in [-0.2, -0.15) is 0 Å². The molecule has 0 aromatic carbocycles. The molecule has 0 fully saturated rings. The highest BCUT2D eigenvalue weighted by Gasteiger charge is 2.02. The maximum Gasteiger partial charge on any atom is 0.246 e. The fraction of sp³-hybridized carbons (Fsp3) is 0.882. The third kappa shape index (κ3) is 17.2. The zero-order valence-corrected chi connectivity index (χ0v) is 14.7. The lowest BCUT2D eigenvalue weighted by atomic mass is 10.1. The summed E-state index contributed by atoms with van der Waals surface area (Å²) >= 11 is 0. The maximum atomic E-state index is 11.5. The van der Waals surface area contributed by atoms with E-state index >= 15 is 0 Å². The first-order valence-electron chi connectivity index (χ1n) is 8.72. The molecule has 1 N–H and O–H groups in total. The lowest BCUT2D eigenvalue weighted by molar-refractivity contribution is -0.126. The second-order valence-corrected chi connectivity index (χ2v) is 5.35. The van der Waals surface area contributed by atoms with Gasteiger partial charge in [0.2, 0.25) is 5.91 Å². The molecule has 23 heavy (non-hydrogen) atoms. The molecule has 0 saturated carbocycles. The molecule has 0 radical (unpaired) electrons. The highest BCUT2D eigenvalue weighted by Crippen LogP contribution is 2.05. The Morgan fingerprint density at radius 1 is 0.826 bits per heavy atom. The topological polar surface area (TPSA) is 73.9 Å². The summed E-state index contributed by atoms with van der Waals surface area (Å²) in [7, 11) is 0. The summed E-state index contributed by atoms with van der Waals surface area (Å²) in [6.07, 6.45) is 6.36. The average Bonchev–Trinajstić information content (AvgIpc) is 2.55. The Bertz CT molecular complexity index is 297. The van der Waals surface area contributed by atoms with Gasteiger partial charge in [0, 0.05) is 19.6 Å². The number of nitrogens with one attached hydrogen (secondary N) is 1. The van der Waals surface area contributed by atoms with E-state index in [1.54, 1.807) is 0 Å². The van der Waals surface area contributed by atoms with Crippen molar-refractivity contribution in [2.45, 2.75) is 52.4 Å². The molecule has 6 heteroatoms. The van der Waals surface area contributed by atoms with Gasteiger partial charge in [-0.25, -0.2) is 0 Å². The number of hydrogen-bond donors (Lipinski definition) is 1. The predicted molar refractivity (Wildman–Crippen MR) is 89.5 cm³/mol. The van der Waals surface area contributed by atoms with Crippen LogP contribution in [0.2, 0.25) is 0 Å². The number of amides is 1. The van der Waals surface area contributed by atoms with Crippen LogP contribution in [0.5, 0.6) is 0 Å². The number of Topliss-reactive ketones (excluding diaryl/α,β-unsaturated/α-hetero) is 1. The minimum Gasteiger partial charge on any atom is -0.377 e. The van der Waals surface area contributed by atoms with Gasteiger partial charge in [-0.1, -0.05) is 32.6 Å². The first kappa shape index (κ1) is 22.0. The minimum atomic E-state index is -0.142. The van der Waals surface area contributed by atoms with E-state index in [-0.39, 0.29) is 24.9 Å². The lowest BCUT2D eigenvalue weighted by Gasteiger charge is -2.07. The summed E-state index contributed by atoms with van der Waals surface area (Å²) in [6, 6.07) is 0. The quantitative estimate of drug-likeness (QED) is 0.413. The van der Waals surface area contributed by atoms with E-state index in [1.165, 1.54) is 19.3 Å². The molecule has 0 rings (SSSR count). The number of hydrogen-bond acceptors (Lipinski definition) is 5. The Labute approximate surface area is 140 Å². The molecule has 0 unspecified atom stereocenters. The molecule has 0 aliphatic heterocycles. The molecule has 0 saturated heterocycles. The van der Waals surface area contributed by atoms with E-state index in [2.05, 4.69) is 12.2 Å². The van der Waals surface area contributed by atoms with E-state index in [9.17, 15) is 9.59 Å². The van der Waals surface area contributed by atoms with Gasteiger partial charge in [0.25, 0.3) is 0 Å². The largest absolute Gasteiger partial charge is 0.377 e. The molecule has 0 spiro atoms. The fourth-order valence-electron chi connectivity index (χ4n) is 1.91. The van der Waals surface area contributed by atoms with Crippen molar-refractivity contribution < 1.29 is 23.8 Å². The van der Waals surface area contributed by atoms with Gasteiger partial charge >= 0.3 is 0 Å². The van der Waals surface area contributed by atoms with Gasteiger partial charge in [0.05, 0.1) is 19.8 Å². The van der Waals surface area contributed by atoms with Crippen LogP contribution in [0.15, 0.2) is 0 Å². The summed E-state index contributed by atoms with van der Waals surface area (Å²) < 4.78 is 15.5. The van der Waals surface area contributed by atoms with Crippen molar-refractivity contribution in [2.75, 3.05) is 46.2 Å². The van der Waals surface area contributed by atoms with Crippen LogP contribution in [0, 0.1) is 0 Å². The van der Waals surface area contributed by atoms with E-state index in [4.69, 9.17) is 14.2 Å². The van der Waals surface area contributed by atoms with Crippen molar-refractivity contribution in [3.8, 4) is 0 Å². The molecular weight excluding hydrogens is 298 g/mol. The van der Waals surface area contributed by atoms with Crippen molar-refractivity contribution in [3.63, 3.8) is 0 Å². The molecule has 0 heterocycles. The summed E-state index contributed by atoms with van der Waals surface area (Å²) in [5, 5.41) is 2.68. The summed E-state index contributed by atoms with van der Waals surface area (Å²) in [6.45, 7) is 6.49. The minimum absolute atomic E-state index is 0.0835. The van der Waals surface area contributed by atoms with Crippen LogP contribution < -0.4 is 5.32 Å². The zero-order chi connectivity index (χ0) is 17.2. The fourth-order valence-corrected chi connectivity index (χ4v) is 1.91. The summed E-state index contributed by atoms with van der Waals surface area (Å²) in [4.78, 5) is 22.7. The molecule has 0 aliphatic rings. The second kappa shape index (κ2) is 17.4. The number of ether oxygens (including phenoxy) is 3. The third-order valence-corrected chi connectivity index (χ3v) is 3.20.